The Morgan fingerprint density at radius 2 is 1.75 bits per heavy atom. The average Bonchev–Trinajstić information content (AvgIpc) is 3.10. The van der Waals surface area contributed by atoms with Crippen molar-refractivity contribution in [1.29, 1.82) is 0 Å². The Morgan fingerprint density at radius 3 is 2.50 bits per heavy atom. The highest BCUT2D eigenvalue weighted by molar-refractivity contribution is 5.46. The van der Waals surface area contributed by atoms with Gasteiger partial charge in [0, 0.05) is 37.1 Å². The fourth-order valence-corrected chi connectivity index (χ4v) is 4.24. The van der Waals surface area contributed by atoms with Crippen molar-refractivity contribution in [3.8, 4) is 11.5 Å². The first kappa shape index (κ1) is 18.6. The van der Waals surface area contributed by atoms with E-state index in [-0.39, 0.29) is 6.04 Å². The Balaban J connectivity index is 1.75. The largest absolute Gasteiger partial charge is 0.493 e. The van der Waals surface area contributed by atoms with Crippen molar-refractivity contribution in [3.05, 3.63) is 83.2 Å². The van der Waals surface area contributed by atoms with Gasteiger partial charge in [-0.2, -0.15) is 0 Å². The van der Waals surface area contributed by atoms with Gasteiger partial charge in [-0.3, -0.25) is 4.90 Å². The summed E-state index contributed by atoms with van der Waals surface area (Å²) in [6.07, 6.45) is 3.32. The Kier molecular flexibility index (Phi) is 5.40. The predicted molar refractivity (Wildman–Crippen MR) is 112 cm³/mol. The lowest BCUT2D eigenvalue weighted by Crippen LogP contribution is -2.29. The van der Waals surface area contributed by atoms with Crippen molar-refractivity contribution in [2.45, 2.75) is 32.5 Å². The van der Waals surface area contributed by atoms with E-state index in [2.05, 4.69) is 65.1 Å². The van der Waals surface area contributed by atoms with Gasteiger partial charge in [0.2, 0.25) is 0 Å². The van der Waals surface area contributed by atoms with E-state index >= 15 is 0 Å². The van der Waals surface area contributed by atoms with Crippen LogP contribution in [0.15, 0.2) is 60.8 Å². The number of para-hydroxylation sites is 1. The molecule has 1 aromatic heterocycles. The Bertz CT molecular complexity index is 930. The maximum absolute atomic E-state index is 5.69. The zero-order valence-corrected chi connectivity index (χ0v) is 16.9. The van der Waals surface area contributed by atoms with Gasteiger partial charge in [0.05, 0.1) is 20.3 Å². The molecule has 1 atom stereocenters. The molecule has 2 aromatic carbocycles. The Labute approximate surface area is 167 Å². The molecule has 0 radical (unpaired) electrons. The fraction of sp³-hybridized carbons (Fsp3) is 0.333. The third kappa shape index (κ3) is 3.52. The van der Waals surface area contributed by atoms with Crippen LogP contribution in [0.25, 0.3) is 0 Å². The van der Waals surface area contributed by atoms with Gasteiger partial charge in [-0.15, -0.1) is 0 Å². The van der Waals surface area contributed by atoms with E-state index in [0.29, 0.717) is 0 Å². The summed E-state index contributed by atoms with van der Waals surface area (Å²) >= 11 is 0. The minimum Gasteiger partial charge on any atom is -0.493 e. The quantitative estimate of drug-likeness (QED) is 0.639. The molecule has 0 bridgehead atoms. The third-order valence-corrected chi connectivity index (χ3v) is 5.61. The van der Waals surface area contributed by atoms with E-state index in [9.17, 15) is 0 Å². The van der Waals surface area contributed by atoms with Crippen LogP contribution < -0.4 is 9.47 Å². The van der Waals surface area contributed by atoms with Crippen molar-refractivity contribution < 1.29 is 9.47 Å². The molecule has 0 spiro atoms. The summed E-state index contributed by atoms with van der Waals surface area (Å²) in [6.45, 7) is 5.03. The second kappa shape index (κ2) is 8.11. The zero-order chi connectivity index (χ0) is 19.5. The van der Waals surface area contributed by atoms with E-state index in [0.717, 1.165) is 43.1 Å². The number of benzene rings is 2. The molecule has 3 aromatic rings. The van der Waals surface area contributed by atoms with Crippen molar-refractivity contribution in [3.63, 3.8) is 0 Å². The second-order valence-electron chi connectivity index (χ2n) is 7.42. The molecular weight excluding hydrogens is 348 g/mol. The van der Waals surface area contributed by atoms with Crippen molar-refractivity contribution in [2.75, 3.05) is 20.8 Å². The van der Waals surface area contributed by atoms with Gasteiger partial charge in [0.1, 0.15) is 0 Å². The molecule has 0 saturated carbocycles. The number of fused-ring (bicyclic) bond motifs is 1. The first-order chi connectivity index (χ1) is 13.7. The number of nitrogens with zero attached hydrogens (tertiary/aromatic N) is 2. The van der Waals surface area contributed by atoms with Crippen LogP contribution in [0.3, 0.4) is 0 Å². The topological polar surface area (TPSA) is 26.6 Å². The molecule has 0 N–H and O–H groups in total. The number of rotatable bonds is 5. The van der Waals surface area contributed by atoms with Crippen LogP contribution in [-0.4, -0.2) is 30.2 Å². The van der Waals surface area contributed by atoms with Crippen molar-refractivity contribution >= 4 is 0 Å². The SMILES string of the molecule is COc1cccc(CN2CCCn3cccc3[C@@H]2c2ccc(C)cc2)c1OC. The van der Waals surface area contributed by atoms with E-state index in [1.54, 1.807) is 14.2 Å². The number of ether oxygens (including phenoxy) is 2. The molecule has 4 rings (SSSR count). The molecule has 4 nitrogen and oxygen atoms in total. The van der Waals surface area contributed by atoms with E-state index in [1.807, 2.05) is 12.1 Å². The summed E-state index contributed by atoms with van der Waals surface area (Å²) < 4.78 is 13.6. The normalized spacial score (nSPS) is 17.0. The Morgan fingerprint density at radius 1 is 0.929 bits per heavy atom. The standard InChI is InChI=1S/C24H28N2O2/c1-18-10-12-19(13-11-18)23-21-8-5-14-25(21)15-6-16-26(23)17-20-7-4-9-22(27-2)24(20)28-3/h4-5,7-14,23H,6,15-17H2,1-3H3/t23-/m0/s1. The molecule has 0 aliphatic carbocycles. The van der Waals surface area contributed by atoms with Crippen LogP contribution in [0.4, 0.5) is 0 Å². The molecule has 0 amide bonds. The van der Waals surface area contributed by atoms with E-state index < -0.39 is 0 Å². The zero-order valence-electron chi connectivity index (χ0n) is 16.9. The monoisotopic (exact) mass is 376 g/mol. The fourth-order valence-electron chi connectivity index (χ4n) is 4.24. The van der Waals surface area contributed by atoms with Crippen LogP contribution in [-0.2, 0) is 13.1 Å². The van der Waals surface area contributed by atoms with Gasteiger partial charge >= 0.3 is 0 Å². The molecule has 0 saturated heterocycles. The Hall–Kier alpha value is -2.72. The van der Waals surface area contributed by atoms with Gasteiger partial charge in [0.25, 0.3) is 0 Å². The van der Waals surface area contributed by atoms with Gasteiger partial charge in [-0.25, -0.2) is 0 Å². The van der Waals surface area contributed by atoms with Gasteiger partial charge in [-0.05, 0) is 37.1 Å². The number of aromatic nitrogens is 1. The van der Waals surface area contributed by atoms with Crippen molar-refractivity contribution in [1.82, 2.24) is 9.47 Å². The van der Waals surface area contributed by atoms with Crippen LogP contribution in [0, 0.1) is 6.92 Å². The lowest BCUT2D eigenvalue weighted by molar-refractivity contribution is 0.216. The molecule has 1 aliphatic rings. The molecule has 2 heterocycles. The highest BCUT2D eigenvalue weighted by Gasteiger charge is 2.28. The molecule has 4 heteroatoms. The molecule has 0 unspecified atom stereocenters. The maximum atomic E-state index is 5.69. The minimum atomic E-state index is 0.217. The number of hydrogen-bond acceptors (Lipinski definition) is 3. The van der Waals surface area contributed by atoms with Gasteiger partial charge in [-0.1, -0.05) is 42.0 Å². The maximum Gasteiger partial charge on any atom is 0.165 e. The molecule has 28 heavy (non-hydrogen) atoms. The van der Waals surface area contributed by atoms with Gasteiger partial charge in [0.15, 0.2) is 11.5 Å². The minimum absolute atomic E-state index is 0.217. The smallest absolute Gasteiger partial charge is 0.165 e. The summed E-state index contributed by atoms with van der Waals surface area (Å²) in [5.74, 6) is 1.61. The lowest BCUT2D eigenvalue weighted by atomic mass is 9.99. The van der Waals surface area contributed by atoms with Gasteiger partial charge < -0.3 is 14.0 Å². The first-order valence-corrected chi connectivity index (χ1v) is 9.87. The van der Waals surface area contributed by atoms with Crippen molar-refractivity contribution in [2.24, 2.45) is 0 Å². The predicted octanol–water partition coefficient (Wildman–Crippen LogP) is 4.81. The summed E-state index contributed by atoms with van der Waals surface area (Å²) in [6, 6.07) is 19.7. The van der Waals surface area contributed by atoms with Crippen LogP contribution in [0.1, 0.15) is 34.8 Å². The highest BCUT2D eigenvalue weighted by Crippen LogP contribution is 2.37. The lowest BCUT2D eigenvalue weighted by Gasteiger charge is -2.31. The molecule has 1 aliphatic heterocycles. The summed E-state index contributed by atoms with van der Waals surface area (Å²) in [5, 5.41) is 0. The molecule has 0 fully saturated rings. The van der Waals surface area contributed by atoms with Crippen LogP contribution in [0.2, 0.25) is 0 Å². The summed E-state index contributed by atoms with van der Waals surface area (Å²) in [4.78, 5) is 2.56. The number of hydrogen-bond donors (Lipinski definition) is 0. The van der Waals surface area contributed by atoms with E-state index in [4.69, 9.17) is 9.47 Å². The first-order valence-electron chi connectivity index (χ1n) is 9.87. The molecular formula is C24H28N2O2. The van der Waals surface area contributed by atoms with E-state index in [1.165, 1.54) is 16.8 Å². The highest BCUT2D eigenvalue weighted by atomic mass is 16.5. The summed E-state index contributed by atoms with van der Waals surface area (Å²) in [5.41, 5.74) is 5.12. The molecule has 146 valence electrons. The number of aryl methyl sites for hydroxylation is 2. The summed E-state index contributed by atoms with van der Waals surface area (Å²) in [7, 11) is 3.40. The second-order valence-corrected chi connectivity index (χ2v) is 7.42. The average molecular weight is 377 g/mol. The van der Waals surface area contributed by atoms with Crippen LogP contribution >= 0.6 is 0 Å². The third-order valence-electron chi connectivity index (χ3n) is 5.61. The number of methoxy groups -OCH3 is 2. The van der Waals surface area contributed by atoms with Crippen LogP contribution in [0.5, 0.6) is 11.5 Å².